The summed E-state index contributed by atoms with van der Waals surface area (Å²) in [7, 11) is 0. The van der Waals surface area contributed by atoms with Crippen LogP contribution < -0.4 is 10.1 Å². The summed E-state index contributed by atoms with van der Waals surface area (Å²) in [5.41, 5.74) is 4.05. The van der Waals surface area contributed by atoms with Crippen LogP contribution in [-0.2, 0) is 11.4 Å². The van der Waals surface area contributed by atoms with E-state index in [1.807, 2.05) is 78.9 Å². The van der Waals surface area contributed by atoms with Crippen molar-refractivity contribution in [1.82, 2.24) is 5.32 Å². The molecule has 0 fully saturated rings. The van der Waals surface area contributed by atoms with Crippen LogP contribution in [0.15, 0.2) is 106 Å². The van der Waals surface area contributed by atoms with Gasteiger partial charge in [-0.25, -0.2) is 0 Å². The van der Waals surface area contributed by atoms with Crippen molar-refractivity contribution in [2.45, 2.75) is 19.1 Å². The predicted molar refractivity (Wildman–Crippen MR) is 147 cm³/mol. The van der Waals surface area contributed by atoms with Crippen LogP contribution in [0, 0.1) is 0 Å². The van der Waals surface area contributed by atoms with E-state index in [-0.39, 0.29) is 13.0 Å². The maximum Gasteiger partial charge on any atom is 0.305 e. The predicted octanol–water partition coefficient (Wildman–Crippen LogP) is 7.40. The van der Waals surface area contributed by atoms with E-state index in [1.54, 1.807) is 18.2 Å². The Balaban J connectivity index is 1.54. The van der Waals surface area contributed by atoms with E-state index in [0.717, 1.165) is 21.2 Å². The topological polar surface area (TPSA) is 75.6 Å². The number of nitrogens with one attached hydrogen (secondary N) is 1. The zero-order valence-electron chi connectivity index (χ0n) is 19.2. The van der Waals surface area contributed by atoms with Gasteiger partial charge >= 0.3 is 5.97 Å². The average molecular weight is 609 g/mol. The second-order valence-corrected chi connectivity index (χ2v) is 10.00. The van der Waals surface area contributed by atoms with Gasteiger partial charge in [0.2, 0.25) is 0 Å². The molecule has 0 spiro atoms. The van der Waals surface area contributed by atoms with Gasteiger partial charge in [0.1, 0.15) is 12.4 Å². The van der Waals surface area contributed by atoms with Crippen molar-refractivity contribution >= 4 is 43.7 Å². The summed E-state index contributed by atoms with van der Waals surface area (Å²) in [4.78, 5) is 24.9. The minimum absolute atomic E-state index is 0.250. The van der Waals surface area contributed by atoms with Crippen LogP contribution in [0.4, 0.5) is 0 Å². The van der Waals surface area contributed by atoms with E-state index in [4.69, 9.17) is 4.74 Å². The quantitative estimate of drug-likeness (QED) is 0.207. The molecule has 0 saturated heterocycles. The molecule has 1 amide bonds. The first-order valence-electron chi connectivity index (χ1n) is 11.2. The first kappa shape index (κ1) is 25.7. The lowest BCUT2D eigenvalue weighted by Gasteiger charge is -2.19. The first-order chi connectivity index (χ1) is 17.4. The molecular formula is C29H23Br2NO4. The number of carboxylic acids is 1. The highest BCUT2D eigenvalue weighted by Crippen LogP contribution is 2.27. The van der Waals surface area contributed by atoms with Gasteiger partial charge in [-0.05, 0) is 52.6 Å². The number of hydrogen-bond acceptors (Lipinski definition) is 3. The minimum atomic E-state index is -1.01. The Morgan fingerprint density at radius 3 is 2.11 bits per heavy atom. The van der Waals surface area contributed by atoms with E-state index in [2.05, 4.69) is 37.2 Å². The fraction of sp³-hybridized carbons (Fsp3) is 0.103. The Bertz CT molecular complexity index is 1340. The van der Waals surface area contributed by atoms with Crippen molar-refractivity contribution in [2.24, 2.45) is 0 Å². The fourth-order valence-corrected chi connectivity index (χ4v) is 4.37. The van der Waals surface area contributed by atoms with Crippen molar-refractivity contribution < 1.29 is 19.4 Å². The van der Waals surface area contributed by atoms with Crippen molar-refractivity contribution in [1.29, 1.82) is 0 Å². The molecule has 4 aromatic carbocycles. The summed E-state index contributed by atoms with van der Waals surface area (Å²) >= 11 is 6.83. The zero-order chi connectivity index (χ0) is 25.5. The summed E-state index contributed by atoms with van der Waals surface area (Å²) < 4.78 is 7.64. The van der Waals surface area contributed by atoms with Gasteiger partial charge in [-0.15, -0.1) is 0 Å². The van der Waals surface area contributed by atoms with E-state index < -0.39 is 17.9 Å². The highest BCUT2D eigenvalue weighted by Gasteiger charge is 2.22. The van der Waals surface area contributed by atoms with Crippen molar-refractivity contribution in [3.8, 4) is 16.9 Å². The van der Waals surface area contributed by atoms with E-state index >= 15 is 0 Å². The van der Waals surface area contributed by atoms with Crippen molar-refractivity contribution in [3.05, 3.63) is 123 Å². The molecule has 0 saturated carbocycles. The Kier molecular flexibility index (Phi) is 8.57. The second kappa shape index (κ2) is 12.0. The largest absolute Gasteiger partial charge is 0.488 e. The van der Waals surface area contributed by atoms with Gasteiger partial charge in [0, 0.05) is 8.95 Å². The number of carbonyl (C=O) groups is 2. The SMILES string of the molecule is O=C(O)CC(NC(=O)c1cc(Br)ccc1OCc1ccc(Br)cc1)c1ccc(-c2ccccc2)cc1. The summed E-state index contributed by atoms with van der Waals surface area (Å²) in [6, 6.07) is 29.6. The molecule has 36 heavy (non-hydrogen) atoms. The minimum Gasteiger partial charge on any atom is -0.488 e. The Labute approximate surface area is 226 Å². The summed E-state index contributed by atoms with van der Waals surface area (Å²) in [5, 5.41) is 12.4. The highest BCUT2D eigenvalue weighted by atomic mass is 79.9. The van der Waals surface area contributed by atoms with Crippen LogP contribution in [0.2, 0.25) is 0 Å². The molecule has 4 aromatic rings. The van der Waals surface area contributed by atoms with Crippen molar-refractivity contribution in [2.75, 3.05) is 0 Å². The third kappa shape index (κ3) is 6.83. The van der Waals surface area contributed by atoms with Crippen LogP contribution in [0.25, 0.3) is 11.1 Å². The summed E-state index contributed by atoms with van der Waals surface area (Å²) in [5.74, 6) is -1.01. The normalized spacial score (nSPS) is 11.5. The molecule has 0 heterocycles. The third-order valence-corrected chi connectivity index (χ3v) is 6.62. The monoisotopic (exact) mass is 607 g/mol. The fourth-order valence-electron chi connectivity index (χ4n) is 3.75. The molecule has 0 aliphatic rings. The van der Waals surface area contributed by atoms with Crippen LogP contribution in [0.1, 0.15) is 33.9 Å². The van der Waals surface area contributed by atoms with Gasteiger partial charge in [-0.1, -0.05) is 98.6 Å². The lowest BCUT2D eigenvalue weighted by atomic mass is 9.98. The third-order valence-electron chi connectivity index (χ3n) is 5.60. The second-order valence-electron chi connectivity index (χ2n) is 8.17. The number of amides is 1. The van der Waals surface area contributed by atoms with E-state index in [1.165, 1.54) is 0 Å². The molecule has 0 bridgehead atoms. The Morgan fingerprint density at radius 2 is 1.44 bits per heavy atom. The number of ether oxygens (including phenoxy) is 1. The molecule has 1 atom stereocenters. The van der Waals surface area contributed by atoms with Gasteiger partial charge < -0.3 is 15.2 Å². The van der Waals surface area contributed by atoms with Crippen LogP contribution in [0.5, 0.6) is 5.75 Å². The smallest absolute Gasteiger partial charge is 0.305 e. The molecule has 1 unspecified atom stereocenters. The molecule has 182 valence electrons. The van der Waals surface area contributed by atoms with Gasteiger partial charge in [-0.3, -0.25) is 9.59 Å². The number of aliphatic carboxylic acids is 1. The Morgan fingerprint density at radius 1 is 0.806 bits per heavy atom. The standard InChI is InChI=1S/C29H23Br2NO4/c30-23-12-6-19(7-13-23)18-36-27-15-14-24(31)16-25(27)29(35)32-26(17-28(33)34)22-10-8-21(9-11-22)20-4-2-1-3-5-20/h1-16,26H,17-18H2,(H,32,35)(H,33,34). The van der Waals surface area contributed by atoms with Gasteiger partial charge in [0.05, 0.1) is 18.0 Å². The number of hydrogen-bond donors (Lipinski definition) is 2. The van der Waals surface area contributed by atoms with Crippen molar-refractivity contribution in [3.63, 3.8) is 0 Å². The van der Waals surface area contributed by atoms with E-state index in [0.29, 0.717) is 21.3 Å². The number of carbonyl (C=O) groups excluding carboxylic acids is 1. The molecular weight excluding hydrogens is 586 g/mol. The summed E-state index contributed by atoms with van der Waals surface area (Å²) in [6.07, 6.45) is -0.250. The molecule has 7 heteroatoms. The van der Waals surface area contributed by atoms with Gasteiger partial charge in [0.25, 0.3) is 5.91 Å². The summed E-state index contributed by atoms with van der Waals surface area (Å²) in [6.45, 7) is 0.286. The van der Waals surface area contributed by atoms with Gasteiger partial charge in [-0.2, -0.15) is 0 Å². The number of benzene rings is 4. The number of carboxylic acid groups (broad SMARTS) is 1. The molecule has 5 nitrogen and oxygen atoms in total. The maximum absolute atomic E-state index is 13.3. The molecule has 0 radical (unpaired) electrons. The van der Waals surface area contributed by atoms with Crippen LogP contribution in [0.3, 0.4) is 0 Å². The molecule has 4 rings (SSSR count). The molecule has 0 aliphatic carbocycles. The first-order valence-corrected chi connectivity index (χ1v) is 12.8. The molecule has 0 aliphatic heterocycles. The van der Waals surface area contributed by atoms with Crippen LogP contribution in [-0.4, -0.2) is 17.0 Å². The molecule has 2 N–H and O–H groups in total. The van der Waals surface area contributed by atoms with Crippen LogP contribution >= 0.6 is 31.9 Å². The number of rotatable bonds is 9. The molecule has 0 aromatic heterocycles. The highest BCUT2D eigenvalue weighted by molar-refractivity contribution is 9.10. The zero-order valence-corrected chi connectivity index (χ0v) is 22.3. The lowest BCUT2D eigenvalue weighted by molar-refractivity contribution is -0.137. The lowest BCUT2D eigenvalue weighted by Crippen LogP contribution is -2.30. The average Bonchev–Trinajstić information content (AvgIpc) is 2.89. The van der Waals surface area contributed by atoms with E-state index in [9.17, 15) is 14.7 Å². The maximum atomic E-state index is 13.3. The Hall–Kier alpha value is -3.42. The number of halogens is 2. The van der Waals surface area contributed by atoms with Gasteiger partial charge in [0.15, 0.2) is 0 Å².